The standard InChI is InChI=1S/C13H21N3O3S/c14-12-5-6-13(17)11(9-12)10-15-20(18,19)16-7-3-1-2-4-8-16/h5-6,9,15,17H,1-4,7-8,10,14H2. The second-order valence-corrected chi connectivity index (χ2v) is 6.78. The highest BCUT2D eigenvalue weighted by atomic mass is 32.2. The Labute approximate surface area is 119 Å². The van der Waals surface area contributed by atoms with Crippen LogP contribution in [0, 0.1) is 0 Å². The molecular formula is C13H21N3O3S. The molecule has 0 unspecified atom stereocenters. The lowest BCUT2D eigenvalue weighted by Crippen LogP contribution is -2.40. The maximum Gasteiger partial charge on any atom is 0.279 e. The van der Waals surface area contributed by atoms with E-state index in [-0.39, 0.29) is 12.3 Å². The minimum absolute atomic E-state index is 0.0374. The second kappa shape index (κ2) is 6.43. The lowest BCUT2D eigenvalue weighted by Gasteiger charge is -2.20. The van der Waals surface area contributed by atoms with Gasteiger partial charge in [0.2, 0.25) is 0 Å². The molecule has 1 aromatic carbocycles. The molecule has 0 amide bonds. The van der Waals surface area contributed by atoms with Crippen LogP contribution in [0.25, 0.3) is 0 Å². The summed E-state index contributed by atoms with van der Waals surface area (Å²) >= 11 is 0. The molecule has 4 N–H and O–H groups in total. The van der Waals surface area contributed by atoms with Crippen molar-refractivity contribution >= 4 is 15.9 Å². The summed E-state index contributed by atoms with van der Waals surface area (Å²) in [6.07, 6.45) is 3.93. The van der Waals surface area contributed by atoms with E-state index in [2.05, 4.69) is 4.72 Å². The number of nitrogens with two attached hydrogens (primary N) is 1. The fourth-order valence-electron chi connectivity index (χ4n) is 2.29. The highest BCUT2D eigenvalue weighted by Gasteiger charge is 2.22. The van der Waals surface area contributed by atoms with Crippen LogP contribution in [0.1, 0.15) is 31.2 Å². The van der Waals surface area contributed by atoms with Crippen molar-refractivity contribution in [3.05, 3.63) is 23.8 Å². The van der Waals surface area contributed by atoms with Crippen molar-refractivity contribution in [1.29, 1.82) is 0 Å². The van der Waals surface area contributed by atoms with E-state index in [1.54, 1.807) is 12.1 Å². The van der Waals surface area contributed by atoms with Gasteiger partial charge in [-0.1, -0.05) is 12.8 Å². The third-order valence-corrected chi connectivity index (χ3v) is 5.01. The molecule has 1 aliphatic rings. The molecule has 0 radical (unpaired) electrons. The Morgan fingerprint density at radius 2 is 1.85 bits per heavy atom. The average Bonchev–Trinajstić information content (AvgIpc) is 2.69. The first-order chi connectivity index (χ1) is 9.49. The van der Waals surface area contributed by atoms with Crippen LogP contribution >= 0.6 is 0 Å². The van der Waals surface area contributed by atoms with Crippen molar-refractivity contribution in [1.82, 2.24) is 9.03 Å². The Kier molecular flexibility index (Phi) is 4.85. The van der Waals surface area contributed by atoms with Crippen LogP contribution < -0.4 is 10.5 Å². The summed E-state index contributed by atoms with van der Waals surface area (Å²) in [7, 11) is -3.50. The predicted molar refractivity (Wildman–Crippen MR) is 78.3 cm³/mol. The Bertz CT molecular complexity index is 552. The minimum Gasteiger partial charge on any atom is -0.508 e. The maximum atomic E-state index is 12.2. The molecule has 1 saturated heterocycles. The fourth-order valence-corrected chi connectivity index (χ4v) is 3.55. The molecule has 0 spiro atoms. The molecule has 7 heteroatoms. The summed E-state index contributed by atoms with van der Waals surface area (Å²) in [4.78, 5) is 0. The number of nitrogens with one attached hydrogen (secondary N) is 1. The summed E-state index contributed by atoms with van der Waals surface area (Å²) in [5.41, 5.74) is 6.60. The number of hydrogen-bond acceptors (Lipinski definition) is 4. The lowest BCUT2D eigenvalue weighted by molar-refractivity contribution is 0.413. The maximum absolute atomic E-state index is 12.2. The van der Waals surface area contributed by atoms with E-state index in [1.807, 2.05) is 0 Å². The van der Waals surface area contributed by atoms with Gasteiger partial charge in [-0.15, -0.1) is 0 Å². The molecule has 0 atom stereocenters. The molecule has 0 aromatic heterocycles. The second-order valence-electron chi connectivity index (χ2n) is 5.03. The van der Waals surface area contributed by atoms with Crippen molar-refractivity contribution in [3.63, 3.8) is 0 Å². The number of anilines is 1. The third-order valence-electron chi connectivity index (χ3n) is 3.45. The van der Waals surface area contributed by atoms with Crippen LogP contribution in [-0.2, 0) is 16.8 Å². The Hall–Kier alpha value is -1.31. The Morgan fingerprint density at radius 1 is 1.20 bits per heavy atom. The van der Waals surface area contributed by atoms with E-state index in [4.69, 9.17) is 5.73 Å². The smallest absolute Gasteiger partial charge is 0.279 e. The van der Waals surface area contributed by atoms with Crippen LogP contribution in [0.2, 0.25) is 0 Å². The van der Waals surface area contributed by atoms with Gasteiger partial charge in [-0.2, -0.15) is 17.4 Å². The summed E-state index contributed by atoms with van der Waals surface area (Å²) in [6, 6.07) is 4.60. The van der Waals surface area contributed by atoms with Gasteiger partial charge in [0.15, 0.2) is 0 Å². The average molecular weight is 299 g/mol. The SMILES string of the molecule is Nc1ccc(O)c(CNS(=O)(=O)N2CCCCCC2)c1. The topological polar surface area (TPSA) is 95.7 Å². The molecule has 1 fully saturated rings. The van der Waals surface area contributed by atoms with Crippen LogP contribution in [0.5, 0.6) is 5.75 Å². The molecule has 0 aliphatic carbocycles. The zero-order valence-electron chi connectivity index (χ0n) is 11.4. The summed E-state index contributed by atoms with van der Waals surface area (Å²) < 4.78 is 28.4. The van der Waals surface area contributed by atoms with Crippen LogP contribution in [0.4, 0.5) is 5.69 Å². The van der Waals surface area contributed by atoms with Crippen LogP contribution in [0.3, 0.4) is 0 Å². The molecule has 0 saturated carbocycles. The fraction of sp³-hybridized carbons (Fsp3) is 0.538. The number of nitrogen functional groups attached to an aromatic ring is 1. The van der Waals surface area contributed by atoms with Crippen molar-refractivity contribution in [2.45, 2.75) is 32.2 Å². The number of phenols is 1. The first kappa shape index (κ1) is 15.1. The Balaban J connectivity index is 2.02. The van der Waals surface area contributed by atoms with E-state index in [1.165, 1.54) is 10.4 Å². The largest absolute Gasteiger partial charge is 0.508 e. The van der Waals surface area contributed by atoms with Gasteiger partial charge in [-0.3, -0.25) is 0 Å². The number of nitrogens with zero attached hydrogens (tertiary/aromatic N) is 1. The zero-order chi connectivity index (χ0) is 14.6. The molecule has 20 heavy (non-hydrogen) atoms. The molecule has 1 aliphatic heterocycles. The highest BCUT2D eigenvalue weighted by Crippen LogP contribution is 2.20. The van der Waals surface area contributed by atoms with Crippen molar-refractivity contribution < 1.29 is 13.5 Å². The molecule has 1 heterocycles. The van der Waals surface area contributed by atoms with Gasteiger partial charge in [0.05, 0.1) is 0 Å². The van der Waals surface area contributed by atoms with Gasteiger partial charge in [-0.25, -0.2) is 0 Å². The Morgan fingerprint density at radius 3 is 2.50 bits per heavy atom. The summed E-state index contributed by atoms with van der Waals surface area (Å²) in [5.74, 6) is 0.0396. The van der Waals surface area contributed by atoms with Crippen LogP contribution in [-0.4, -0.2) is 30.9 Å². The predicted octanol–water partition coefficient (Wildman–Crippen LogP) is 1.18. The van der Waals surface area contributed by atoms with Gasteiger partial charge >= 0.3 is 0 Å². The molecule has 2 rings (SSSR count). The molecule has 0 bridgehead atoms. The summed E-state index contributed by atoms with van der Waals surface area (Å²) in [5, 5.41) is 9.68. The van der Waals surface area contributed by atoms with E-state index in [0.717, 1.165) is 25.7 Å². The van der Waals surface area contributed by atoms with Gasteiger partial charge in [0.1, 0.15) is 5.75 Å². The van der Waals surface area contributed by atoms with E-state index >= 15 is 0 Å². The van der Waals surface area contributed by atoms with Crippen molar-refractivity contribution in [2.24, 2.45) is 0 Å². The quantitative estimate of drug-likeness (QED) is 0.575. The van der Waals surface area contributed by atoms with Gasteiger partial charge in [0.25, 0.3) is 10.2 Å². The molecule has 1 aromatic rings. The van der Waals surface area contributed by atoms with Gasteiger partial charge in [0, 0.05) is 30.9 Å². The number of phenolic OH excluding ortho intramolecular Hbond substituents is 1. The van der Waals surface area contributed by atoms with E-state index in [0.29, 0.717) is 24.3 Å². The number of rotatable bonds is 4. The molecule has 112 valence electrons. The monoisotopic (exact) mass is 299 g/mol. The molecule has 6 nitrogen and oxygen atoms in total. The lowest BCUT2D eigenvalue weighted by atomic mass is 10.2. The van der Waals surface area contributed by atoms with Crippen molar-refractivity contribution in [3.8, 4) is 5.75 Å². The van der Waals surface area contributed by atoms with Crippen molar-refractivity contribution in [2.75, 3.05) is 18.8 Å². The third kappa shape index (κ3) is 3.84. The van der Waals surface area contributed by atoms with Gasteiger partial charge in [-0.05, 0) is 31.0 Å². The van der Waals surface area contributed by atoms with E-state index in [9.17, 15) is 13.5 Å². The number of benzene rings is 1. The molecular weight excluding hydrogens is 278 g/mol. The number of aromatic hydroxyl groups is 1. The van der Waals surface area contributed by atoms with E-state index < -0.39 is 10.2 Å². The normalized spacial score (nSPS) is 17.8. The summed E-state index contributed by atoms with van der Waals surface area (Å²) in [6.45, 7) is 1.15. The first-order valence-electron chi connectivity index (χ1n) is 6.81. The first-order valence-corrected chi connectivity index (χ1v) is 8.25. The van der Waals surface area contributed by atoms with Crippen LogP contribution in [0.15, 0.2) is 18.2 Å². The zero-order valence-corrected chi connectivity index (χ0v) is 12.2. The van der Waals surface area contributed by atoms with Gasteiger partial charge < -0.3 is 10.8 Å². The number of hydrogen-bond donors (Lipinski definition) is 3. The minimum atomic E-state index is -3.50. The highest BCUT2D eigenvalue weighted by molar-refractivity contribution is 7.87.